The van der Waals surface area contributed by atoms with Crippen molar-refractivity contribution in [1.82, 2.24) is 4.90 Å². The lowest BCUT2D eigenvalue weighted by molar-refractivity contribution is -0.0840. The highest BCUT2D eigenvalue weighted by Gasteiger charge is 2.48. The third-order valence-corrected chi connectivity index (χ3v) is 4.44. The summed E-state index contributed by atoms with van der Waals surface area (Å²) in [5, 5.41) is 0. The molecule has 0 saturated carbocycles. The van der Waals surface area contributed by atoms with Crippen LogP contribution in [0.3, 0.4) is 0 Å². The van der Waals surface area contributed by atoms with Gasteiger partial charge in [0.1, 0.15) is 0 Å². The van der Waals surface area contributed by atoms with Gasteiger partial charge in [-0.3, -0.25) is 4.90 Å². The molecule has 1 aromatic carbocycles. The van der Waals surface area contributed by atoms with Gasteiger partial charge in [-0.15, -0.1) is 0 Å². The molecule has 1 unspecified atom stereocenters. The van der Waals surface area contributed by atoms with Gasteiger partial charge < -0.3 is 10.5 Å². The average Bonchev–Trinajstić information content (AvgIpc) is 2.56. The summed E-state index contributed by atoms with van der Waals surface area (Å²) in [6.45, 7) is 14.3. The van der Waals surface area contributed by atoms with Gasteiger partial charge in [0.15, 0.2) is 0 Å². The molecule has 0 spiro atoms. The number of nitrogen functional groups attached to an aromatic ring is 1. The highest BCUT2D eigenvalue weighted by atomic mass is 16.5. The number of rotatable bonds is 4. The summed E-state index contributed by atoms with van der Waals surface area (Å²) in [7, 11) is 0. The number of nitrogens with zero attached hydrogens (tertiary/aromatic N) is 1. The first-order valence-electron chi connectivity index (χ1n) is 7.91. The van der Waals surface area contributed by atoms with Crippen LogP contribution in [0.15, 0.2) is 24.3 Å². The molecular weight excluding hydrogens is 260 g/mol. The molecule has 1 fully saturated rings. The number of hydrogen-bond acceptors (Lipinski definition) is 3. The van der Waals surface area contributed by atoms with E-state index in [0.717, 1.165) is 18.7 Å². The molecule has 118 valence electrons. The number of nitrogens with two attached hydrogens (primary N) is 1. The van der Waals surface area contributed by atoms with E-state index in [1.165, 1.54) is 5.56 Å². The second kappa shape index (κ2) is 5.62. The molecule has 3 nitrogen and oxygen atoms in total. The van der Waals surface area contributed by atoms with E-state index in [4.69, 9.17) is 10.5 Å². The average molecular weight is 290 g/mol. The van der Waals surface area contributed by atoms with Crippen LogP contribution in [-0.2, 0) is 11.3 Å². The Hall–Kier alpha value is -1.06. The maximum Gasteiger partial charge on any atom is 0.0789 e. The lowest BCUT2D eigenvalue weighted by Crippen LogP contribution is -2.49. The van der Waals surface area contributed by atoms with Crippen LogP contribution in [0.4, 0.5) is 5.69 Å². The zero-order valence-corrected chi connectivity index (χ0v) is 14.3. The van der Waals surface area contributed by atoms with Crippen molar-refractivity contribution in [2.45, 2.75) is 77.8 Å². The van der Waals surface area contributed by atoms with Gasteiger partial charge in [-0.1, -0.05) is 12.1 Å². The van der Waals surface area contributed by atoms with Crippen LogP contribution in [0.5, 0.6) is 0 Å². The standard InChI is InChI=1S/C18H30N2O/c1-13(2)20(12-14-7-9-15(19)10-8-14)16-11-17(3,4)21-18(16,5)6/h7-10,13,16H,11-12,19H2,1-6H3. The highest BCUT2D eigenvalue weighted by molar-refractivity contribution is 5.39. The monoisotopic (exact) mass is 290 g/mol. The number of hydrogen-bond donors (Lipinski definition) is 1. The zero-order chi connectivity index (χ0) is 15.8. The van der Waals surface area contributed by atoms with Gasteiger partial charge >= 0.3 is 0 Å². The van der Waals surface area contributed by atoms with E-state index in [0.29, 0.717) is 12.1 Å². The maximum atomic E-state index is 6.28. The van der Waals surface area contributed by atoms with E-state index in [1.807, 2.05) is 12.1 Å². The van der Waals surface area contributed by atoms with Crippen LogP contribution >= 0.6 is 0 Å². The van der Waals surface area contributed by atoms with E-state index in [1.54, 1.807) is 0 Å². The van der Waals surface area contributed by atoms with Crippen molar-refractivity contribution < 1.29 is 4.74 Å². The number of ether oxygens (including phenoxy) is 1. The molecule has 1 heterocycles. The predicted molar refractivity (Wildman–Crippen MR) is 89.2 cm³/mol. The van der Waals surface area contributed by atoms with Crippen molar-refractivity contribution in [3.05, 3.63) is 29.8 Å². The third kappa shape index (κ3) is 3.78. The Labute approximate surface area is 129 Å². The smallest absolute Gasteiger partial charge is 0.0789 e. The molecular formula is C18H30N2O. The SMILES string of the molecule is CC(C)N(Cc1ccc(N)cc1)C1CC(C)(C)OC1(C)C. The Bertz CT molecular complexity index is 476. The normalized spacial score (nSPS) is 23.9. The summed E-state index contributed by atoms with van der Waals surface area (Å²) in [5.74, 6) is 0. The first-order chi connectivity index (χ1) is 9.61. The molecule has 1 aliphatic rings. The van der Waals surface area contributed by atoms with E-state index in [2.05, 4.69) is 58.6 Å². The zero-order valence-electron chi connectivity index (χ0n) is 14.3. The van der Waals surface area contributed by atoms with Crippen LogP contribution in [0.2, 0.25) is 0 Å². The third-order valence-electron chi connectivity index (χ3n) is 4.44. The van der Waals surface area contributed by atoms with Gasteiger partial charge in [-0.2, -0.15) is 0 Å². The van der Waals surface area contributed by atoms with Gasteiger partial charge in [-0.25, -0.2) is 0 Å². The molecule has 0 amide bonds. The number of benzene rings is 1. The fraction of sp³-hybridized carbons (Fsp3) is 0.667. The van der Waals surface area contributed by atoms with Crippen molar-refractivity contribution in [3.63, 3.8) is 0 Å². The van der Waals surface area contributed by atoms with E-state index in [-0.39, 0.29) is 11.2 Å². The highest BCUT2D eigenvalue weighted by Crippen LogP contribution is 2.41. The van der Waals surface area contributed by atoms with E-state index < -0.39 is 0 Å². The minimum atomic E-state index is -0.123. The molecule has 1 aliphatic heterocycles. The van der Waals surface area contributed by atoms with Gasteiger partial charge in [0.05, 0.1) is 11.2 Å². The summed E-state index contributed by atoms with van der Waals surface area (Å²) in [6, 6.07) is 9.11. The lowest BCUT2D eigenvalue weighted by atomic mass is 9.91. The Morgan fingerprint density at radius 2 is 1.76 bits per heavy atom. The summed E-state index contributed by atoms with van der Waals surface area (Å²) in [4.78, 5) is 2.56. The molecule has 1 atom stereocenters. The molecule has 3 heteroatoms. The number of anilines is 1. The van der Waals surface area contributed by atoms with Crippen molar-refractivity contribution in [3.8, 4) is 0 Å². The Balaban J connectivity index is 2.21. The van der Waals surface area contributed by atoms with Gasteiger partial charge in [-0.05, 0) is 65.7 Å². The van der Waals surface area contributed by atoms with E-state index in [9.17, 15) is 0 Å². The molecule has 1 aromatic rings. The van der Waals surface area contributed by atoms with Crippen LogP contribution in [0, 0.1) is 0 Å². The molecule has 2 N–H and O–H groups in total. The Kier molecular flexibility index (Phi) is 4.36. The molecule has 0 bridgehead atoms. The summed E-state index contributed by atoms with van der Waals surface area (Å²) in [6.07, 6.45) is 1.06. The van der Waals surface area contributed by atoms with Crippen molar-refractivity contribution in [2.24, 2.45) is 0 Å². The molecule has 0 aromatic heterocycles. The fourth-order valence-corrected chi connectivity index (χ4v) is 3.54. The minimum absolute atomic E-state index is 0.0532. The van der Waals surface area contributed by atoms with Crippen molar-refractivity contribution in [2.75, 3.05) is 5.73 Å². The first-order valence-corrected chi connectivity index (χ1v) is 7.91. The van der Waals surface area contributed by atoms with Crippen LogP contribution in [-0.4, -0.2) is 28.2 Å². The molecule has 21 heavy (non-hydrogen) atoms. The molecule has 0 radical (unpaired) electrons. The molecule has 0 aliphatic carbocycles. The Morgan fingerprint density at radius 3 is 2.19 bits per heavy atom. The molecule has 2 rings (SSSR count). The molecule has 1 saturated heterocycles. The predicted octanol–water partition coefficient (Wildman–Crippen LogP) is 3.83. The summed E-state index contributed by atoms with van der Waals surface area (Å²) >= 11 is 0. The van der Waals surface area contributed by atoms with Crippen molar-refractivity contribution in [1.29, 1.82) is 0 Å². The quantitative estimate of drug-likeness (QED) is 0.857. The fourth-order valence-electron chi connectivity index (χ4n) is 3.54. The maximum absolute atomic E-state index is 6.28. The topological polar surface area (TPSA) is 38.5 Å². The second-order valence-corrected chi connectivity index (χ2v) is 7.69. The van der Waals surface area contributed by atoms with Crippen LogP contribution in [0.25, 0.3) is 0 Å². The van der Waals surface area contributed by atoms with Gasteiger partial charge in [0.25, 0.3) is 0 Å². The summed E-state index contributed by atoms with van der Waals surface area (Å²) in [5.41, 5.74) is 7.73. The van der Waals surface area contributed by atoms with Crippen LogP contribution < -0.4 is 5.73 Å². The minimum Gasteiger partial charge on any atom is -0.399 e. The van der Waals surface area contributed by atoms with Gasteiger partial charge in [0.2, 0.25) is 0 Å². The largest absolute Gasteiger partial charge is 0.399 e. The lowest BCUT2D eigenvalue weighted by Gasteiger charge is -2.39. The van der Waals surface area contributed by atoms with Gasteiger partial charge in [0, 0.05) is 24.3 Å². The Morgan fingerprint density at radius 1 is 1.19 bits per heavy atom. The second-order valence-electron chi connectivity index (χ2n) is 7.69. The summed E-state index contributed by atoms with van der Waals surface area (Å²) < 4.78 is 6.28. The first kappa shape index (κ1) is 16.3. The van der Waals surface area contributed by atoms with Crippen LogP contribution in [0.1, 0.15) is 53.5 Å². The van der Waals surface area contributed by atoms with E-state index >= 15 is 0 Å². The van der Waals surface area contributed by atoms with Crippen molar-refractivity contribution >= 4 is 5.69 Å².